The van der Waals surface area contributed by atoms with Gasteiger partial charge in [-0.05, 0) is 0 Å². The van der Waals surface area contributed by atoms with Crippen molar-refractivity contribution in [3.8, 4) is 0 Å². The Morgan fingerprint density at radius 1 is 0.750 bits per heavy atom. The average Bonchev–Trinajstić information content (AvgIpc) is 0. The summed E-state index contributed by atoms with van der Waals surface area (Å²) in [7, 11) is 0. The monoisotopic (exact) mass is 261 g/mol. The van der Waals surface area contributed by atoms with Crippen LogP contribution in [0.15, 0.2) is 0 Å². The van der Waals surface area contributed by atoms with Crippen molar-refractivity contribution in [3.63, 3.8) is 0 Å². The van der Waals surface area contributed by atoms with Crippen molar-refractivity contribution >= 4 is 0 Å². The summed E-state index contributed by atoms with van der Waals surface area (Å²) in [6, 6.07) is 0. The molecule has 4 heteroatoms. The van der Waals surface area contributed by atoms with Gasteiger partial charge in [-0.3, -0.25) is 0 Å². The molecule has 21 valence electrons. The van der Waals surface area contributed by atoms with Crippen LogP contribution in [0.3, 0.4) is 0 Å². The topological polar surface area (TPSA) is 57.0 Å². The van der Waals surface area contributed by atoms with E-state index < -0.39 is 0 Å². The van der Waals surface area contributed by atoms with Gasteiger partial charge in [-0.15, -0.1) is 0 Å². The Morgan fingerprint density at radius 3 is 0.750 bits per heavy atom. The van der Waals surface area contributed by atoms with Crippen LogP contribution in [0.2, 0.25) is 0 Å². The van der Waals surface area contributed by atoms with Crippen LogP contribution < -0.4 is 0 Å². The second-order valence-corrected chi connectivity index (χ2v) is 0. The predicted octanol–water partition coefficient (Wildman–Crippen LogP) is -0.243. The van der Waals surface area contributed by atoms with Crippen LogP contribution in [0.25, 0.3) is 0 Å². The Morgan fingerprint density at radius 2 is 0.750 bits per heavy atom. The van der Waals surface area contributed by atoms with Crippen LogP contribution in [-0.4, -0.2) is 0 Å². The molecule has 0 unspecified atom stereocenters. The van der Waals surface area contributed by atoms with Gasteiger partial charge < -0.3 is 11.0 Å². The van der Waals surface area contributed by atoms with Crippen molar-refractivity contribution in [3.05, 3.63) is 0 Å². The molecule has 0 rings (SSSR count). The van der Waals surface area contributed by atoms with Gasteiger partial charge in [0.15, 0.2) is 0 Å². The Labute approximate surface area is 55.0 Å². The van der Waals surface area contributed by atoms with Crippen molar-refractivity contribution in [1.29, 1.82) is 0 Å². The summed E-state index contributed by atoms with van der Waals surface area (Å²) < 4.78 is 0. The van der Waals surface area contributed by atoms with E-state index in [0.717, 1.165) is 0 Å². The minimum absolute atomic E-state index is 0. The molecule has 0 aliphatic heterocycles. The first kappa shape index (κ1) is 54.4. The quantitative estimate of drug-likeness (QED) is 0.540. The summed E-state index contributed by atoms with van der Waals surface area (Å²) in [6.07, 6.45) is 0. The Hall–Kier alpha value is 1.37. The van der Waals surface area contributed by atoms with Gasteiger partial charge in [-0.1, -0.05) is 0 Å². The first-order chi connectivity index (χ1) is 0. The second-order valence-electron chi connectivity index (χ2n) is 0. The maximum atomic E-state index is 0. The number of hydrogen-bond donors (Lipinski definition) is 0. The number of rotatable bonds is 0. The van der Waals surface area contributed by atoms with E-state index in [1.165, 1.54) is 0 Å². The van der Waals surface area contributed by atoms with Crippen molar-refractivity contribution in [2.75, 3.05) is 0 Å². The molecule has 0 aliphatic carbocycles. The molecule has 4 heavy (non-hydrogen) atoms. The fourth-order valence-corrected chi connectivity index (χ4v) is 0. The van der Waals surface area contributed by atoms with E-state index in [1.54, 1.807) is 0 Å². The molecule has 0 N–H and O–H groups in total. The average molecular weight is 261 g/mol. The van der Waals surface area contributed by atoms with E-state index in [4.69, 9.17) is 0 Å². The minimum Gasteiger partial charge on any atom is -2.00 e. The van der Waals surface area contributed by atoms with Crippen LogP contribution in [0, 0.1) is 0 Å². The van der Waals surface area contributed by atoms with Gasteiger partial charge in [0.1, 0.15) is 0 Å². The zero-order chi connectivity index (χ0) is 0. The molecule has 0 fully saturated rings. The predicted molar refractivity (Wildman–Crippen MR) is 1.37 cm³/mol. The SMILES string of the molecule is [O-2].[O-2].[Ta].[Ti+4]. The van der Waals surface area contributed by atoms with Gasteiger partial charge >= 0.3 is 21.7 Å². The summed E-state index contributed by atoms with van der Waals surface area (Å²) in [5.41, 5.74) is 0. The largest absolute Gasteiger partial charge is 4.00 e. The van der Waals surface area contributed by atoms with E-state index in [1.807, 2.05) is 0 Å². The first-order valence-corrected chi connectivity index (χ1v) is 0. The van der Waals surface area contributed by atoms with Crippen LogP contribution in [0.5, 0.6) is 0 Å². The van der Waals surface area contributed by atoms with Gasteiger partial charge in [0.2, 0.25) is 0 Å². The molecule has 0 heterocycles. The Kier molecular flexibility index (Phi) is 359. The Balaban J connectivity index is 0. The van der Waals surface area contributed by atoms with Gasteiger partial charge in [0.05, 0.1) is 0 Å². The van der Waals surface area contributed by atoms with E-state index in [2.05, 4.69) is 0 Å². The third-order valence-electron chi connectivity index (χ3n) is 0. The maximum absolute atomic E-state index is 0. The molecule has 0 aromatic rings. The van der Waals surface area contributed by atoms with E-state index in [0.29, 0.717) is 0 Å². The summed E-state index contributed by atoms with van der Waals surface area (Å²) in [5.74, 6) is 0. The maximum Gasteiger partial charge on any atom is 4.00 e. The van der Waals surface area contributed by atoms with Gasteiger partial charge in [-0.2, -0.15) is 0 Å². The molecule has 0 saturated heterocycles. The van der Waals surface area contributed by atoms with Gasteiger partial charge in [-0.25, -0.2) is 0 Å². The fourth-order valence-electron chi connectivity index (χ4n) is 0. The molecular formula is O2TaTi. The van der Waals surface area contributed by atoms with E-state index in [9.17, 15) is 0 Å². The molecule has 0 saturated carbocycles. The zero-order valence-electron chi connectivity index (χ0n) is 1.76. The summed E-state index contributed by atoms with van der Waals surface area (Å²) >= 11 is 0. The van der Waals surface area contributed by atoms with E-state index >= 15 is 0 Å². The normalized spacial score (nSPS) is 0. The van der Waals surface area contributed by atoms with Crippen molar-refractivity contribution in [2.24, 2.45) is 0 Å². The first-order valence-electron chi connectivity index (χ1n) is 0. The van der Waals surface area contributed by atoms with Crippen molar-refractivity contribution < 1.29 is 55.1 Å². The van der Waals surface area contributed by atoms with Crippen LogP contribution in [0.4, 0.5) is 0 Å². The molecule has 0 spiro atoms. The Bertz CT molecular complexity index is 6.00. The van der Waals surface area contributed by atoms with Crippen molar-refractivity contribution in [1.82, 2.24) is 0 Å². The fraction of sp³-hybridized carbons (Fsp3) is 0. The molecule has 0 bridgehead atoms. The zero-order valence-corrected chi connectivity index (χ0v) is 6.54. The smallest absolute Gasteiger partial charge is 2.00 e. The van der Waals surface area contributed by atoms with Crippen LogP contribution >= 0.6 is 0 Å². The standard InChI is InChI=1S/2O.Ta.Ti/q2*-2;;+4. The minimum atomic E-state index is 0. The number of hydrogen-bond acceptors (Lipinski definition) is 0. The third-order valence-corrected chi connectivity index (χ3v) is 0. The molecule has 0 atom stereocenters. The molecule has 1 radical (unpaired) electrons. The molecule has 0 amide bonds. The molecular weight excluding hydrogens is 261 g/mol. The summed E-state index contributed by atoms with van der Waals surface area (Å²) in [6.45, 7) is 0. The molecule has 0 aliphatic rings. The molecule has 0 aromatic carbocycles. The third kappa shape index (κ3) is 10.1. The molecule has 2 nitrogen and oxygen atoms in total. The van der Waals surface area contributed by atoms with Gasteiger partial charge in [0.25, 0.3) is 0 Å². The van der Waals surface area contributed by atoms with Crippen LogP contribution in [0.1, 0.15) is 0 Å². The molecule has 0 aromatic heterocycles. The van der Waals surface area contributed by atoms with Gasteiger partial charge in [0, 0.05) is 22.4 Å². The second kappa shape index (κ2) is 26.4. The summed E-state index contributed by atoms with van der Waals surface area (Å²) in [4.78, 5) is 0. The van der Waals surface area contributed by atoms with Crippen LogP contribution in [-0.2, 0) is 55.1 Å². The van der Waals surface area contributed by atoms with E-state index in [-0.39, 0.29) is 55.1 Å². The summed E-state index contributed by atoms with van der Waals surface area (Å²) in [5, 5.41) is 0. The van der Waals surface area contributed by atoms with Crippen molar-refractivity contribution in [2.45, 2.75) is 0 Å².